The van der Waals surface area contributed by atoms with E-state index in [0.717, 1.165) is 112 Å². The number of rotatable bonds is 15. The molecule has 16 heteroatoms. The Labute approximate surface area is 379 Å². The Morgan fingerprint density at radius 2 is 1.70 bits per heavy atom. The van der Waals surface area contributed by atoms with Gasteiger partial charge >= 0.3 is 0 Å². The summed E-state index contributed by atoms with van der Waals surface area (Å²) in [6.45, 7) is 11.7. The second kappa shape index (κ2) is 19.3. The fourth-order valence-corrected chi connectivity index (χ4v) is 10.2. The highest BCUT2D eigenvalue weighted by Crippen LogP contribution is 2.44. The molecule has 0 unspecified atom stereocenters. The number of amides is 1. The van der Waals surface area contributed by atoms with Gasteiger partial charge < -0.3 is 29.6 Å². The van der Waals surface area contributed by atoms with Gasteiger partial charge in [-0.25, -0.2) is 13.1 Å². The van der Waals surface area contributed by atoms with Gasteiger partial charge in [0.05, 0.1) is 22.0 Å². The van der Waals surface area contributed by atoms with E-state index in [1.165, 1.54) is 28.8 Å². The van der Waals surface area contributed by atoms with Gasteiger partial charge in [-0.1, -0.05) is 49.2 Å². The number of aromatic nitrogens is 1. The summed E-state index contributed by atoms with van der Waals surface area (Å²) in [5.41, 5.74) is 5.82. The van der Waals surface area contributed by atoms with Crippen molar-refractivity contribution in [2.24, 2.45) is 5.41 Å². The molecule has 3 N–H and O–H groups in total. The third kappa shape index (κ3) is 10.6. The number of ether oxygens (including phenoxy) is 2. The number of piperidine rings is 1. The molecule has 64 heavy (non-hydrogen) atoms. The number of carbonyl (C=O) groups excluding carboxylic acids is 1. The first-order valence-corrected chi connectivity index (χ1v) is 23.8. The van der Waals surface area contributed by atoms with Crippen LogP contribution in [-0.2, 0) is 14.8 Å². The topological polar surface area (TPSA) is 162 Å². The zero-order valence-corrected chi connectivity index (χ0v) is 38.1. The van der Waals surface area contributed by atoms with Gasteiger partial charge in [-0.2, -0.15) is 0 Å². The highest BCUT2D eigenvalue weighted by Gasteiger charge is 2.31. The molecule has 4 aromatic carbocycles. The molecule has 0 saturated carbocycles. The monoisotopic (exact) mass is 909 g/mol. The molecule has 1 amide bonds. The number of nitro groups is 1. The molecule has 3 heterocycles. The summed E-state index contributed by atoms with van der Waals surface area (Å²) in [4.78, 5) is 35.5. The number of H-pyrrole nitrogens is 1. The van der Waals surface area contributed by atoms with E-state index in [2.05, 4.69) is 55.7 Å². The van der Waals surface area contributed by atoms with E-state index in [4.69, 9.17) is 21.1 Å². The average molecular weight is 911 g/mol. The second-order valence-corrected chi connectivity index (χ2v) is 19.9. The van der Waals surface area contributed by atoms with Gasteiger partial charge in [0.1, 0.15) is 17.2 Å². The smallest absolute Gasteiger partial charge is 0.293 e. The molecule has 2 saturated heterocycles. The average Bonchev–Trinajstić information content (AvgIpc) is 3.77. The lowest BCUT2D eigenvalue weighted by Gasteiger charge is -2.39. The highest BCUT2D eigenvalue weighted by atomic mass is 35.5. The number of nitrogens with one attached hydrogen (secondary N) is 3. The Morgan fingerprint density at radius 1 is 0.938 bits per heavy atom. The van der Waals surface area contributed by atoms with E-state index in [1.807, 2.05) is 30.3 Å². The summed E-state index contributed by atoms with van der Waals surface area (Å²) >= 11 is 6.25. The van der Waals surface area contributed by atoms with E-state index in [0.29, 0.717) is 12.4 Å². The maximum Gasteiger partial charge on any atom is 0.293 e. The van der Waals surface area contributed by atoms with E-state index in [1.54, 1.807) is 37.6 Å². The number of fused-ring (bicyclic) bond motifs is 1. The quantitative estimate of drug-likeness (QED) is 0.0679. The summed E-state index contributed by atoms with van der Waals surface area (Å²) < 4.78 is 41.4. The van der Waals surface area contributed by atoms with Gasteiger partial charge in [0.2, 0.25) is 0 Å². The molecular formula is C48H56ClN7O7S. The minimum atomic E-state index is -4.56. The van der Waals surface area contributed by atoms with Crippen LogP contribution in [0.3, 0.4) is 0 Å². The molecule has 0 spiro atoms. The Hall–Kier alpha value is -5.45. The number of carbonyl (C=O) groups is 1. The number of likely N-dealkylation sites (tertiary alicyclic amines) is 1. The van der Waals surface area contributed by atoms with Crippen LogP contribution < -0.4 is 19.7 Å². The van der Waals surface area contributed by atoms with Crippen LogP contribution in [0.5, 0.6) is 11.5 Å². The van der Waals surface area contributed by atoms with Gasteiger partial charge in [0.15, 0.2) is 0 Å². The van der Waals surface area contributed by atoms with Gasteiger partial charge in [-0.05, 0) is 103 Å². The van der Waals surface area contributed by atoms with Gasteiger partial charge in [-0.3, -0.25) is 19.8 Å². The zero-order chi connectivity index (χ0) is 45.0. The Kier molecular flexibility index (Phi) is 13.6. The van der Waals surface area contributed by atoms with Crippen LogP contribution in [-0.4, -0.2) is 106 Å². The molecule has 14 nitrogen and oxygen atoms in total. The number of hydrogen-bond donors (Lipinski definition) is 3. The lowest BCUT2D eigenvalue weighted by atomic mass is 9.72. The van der Waals surface area contributed by atoms with Crippen molar-refractivity contribution in [2.45, 2.75) is 56.9 Å². The summed E-state index contributed by atoms with van der Waals surface area (Å²) in [5.74, 6) is -0.279. The maximum atomic E-state index is 14.0. The number of allylic oxidation sites excluding steroid dienone is 1. The third-order valence-corrected chi connectivity index (χ3v) is 14.4. The fraction of sp³-hybridized carbons (Fsp3) is 0.396. The molecule has 3 aliphatic rings. The molecule has 5 aromatic rings. The lowest BCUT2D eigenvalue weighted by molar-refractivity contribution is -0.384. The van der Waals surface area contributed by atoms with Crippen LogP contribution in [0.15, 0.2) is 102 Å². The molecule has 0 radical (unpaired) electrons. The van der Waals surface area contributed by atoms with Crippen LogP contribution >= 0.6 is 11.6 Å². The predicted molar refractivity (Wildman–Crippen MR) is 252 cm³/mol. The van der Waals surface area contributed by atoms with E-state index >= 15 is 0 Å². The summed E-state index contributed by atoms with van der Waals surface area (Å²) in [7, 11) is -2.90. The maximum absolute atomic E-state index is 14.0. The van der Waals surface area contributed by atoms with Crippen LogP contribution in [0.2, 0.25) is 5.02 Å². The van der Waals surface area contributed by atoms with E-state index in [9.17, 15) is 23.3 Å². The molecule has 8 rings (SSSR count). The van der Waals surface area contributed by atoms with Crippen molar-refractivity contribution < 1.29 is 27.6 Å². The number of aromatic amines is 1. The van der Waals surface area contributed by atoms with Gasteiger partial charge in [0, 0.05) is 105 Å². The molecule has 1 aromatic heterocycles. The SMILES string of the molecule is COCCN1CCC(Nc2ccc(S(=O)(=O)NC(=O)c3ccc(N4CCN(CC5=C(c6ccc(Cl)cc6)CC(C)(C)CC5)CC4)cc3Oc3cccc4[nH]ccc34)cc2[N+](=O)[O-])CC1. The number of piperazine rings is 1. The molecule has 338 valence electrons. The standard InChI is InChI=1S/C48H56ClN7O7S/c1-48(2)19-15-34(41(31-48)33-7-9-35(49)10-8-33)32-54-23-25-55(26-24-54)37-11-13-40(46(29-37)63-45-6-4-5-42-39(45)16-20-50-42)47(57)52-64(60,61)38-12-14-43(44(30-38)56(58)59)51-36-17-21-53(22-18-36)27-28-62-3/h4-14,16,20,29-30,36,50-51H,15,17-19,21-28,31-32H2,1-3H3,(H,52,57). The minimum absolute atomic E-state index is 0.00924. The third-order valence-electron chi connectivity index (χ3n) is 12.8. The number of nitro benzene ring substituents is 1. The molecule has 1 aliphatic carbocycles. The zero-order valence-electron chi connectivity index (χ0n) is 36.6. The van der Waals surface area contributed by atoms with E-state index in [-0.39, 0.29) is 28.5 Å². The molecular weight excluding hydrogens is 854 g/mol. The first-order valence-electron chi connectivity index (χ1n) is 21.9. The summed E-state index contributed by atoms with van der Waals surface area (Å²) in [6, 6.07) is 24.4. The van der Waals surface area contributed by atoms with Crippen LogP contribution in [0.4, 0.5) is 17.1 Å². The van der Waals surface area contributed by atoms with Crippen LogP contribution in [0, 0.1) is 15.5 Å². The second-order valence-electron chi connectivity index (χ2n) is 17.8. The van der Waals surface area contributed by atoms with Crippen molar-refractivity contribution in [1.82, 2.24) is 19.5 Å². The van der Waals surface area contributed by atoms with Gasteiger partial charge in [0.25, 0.3) is 21.6 Å². The van der Waals surface area contributed by atoms with Crippen molar-refractivity contribution in [3.8, 4) is 11.5 Å². The number of sulfonamides is 1. The normalized spacial score (nSPS) is 17.7. The molecule has 0 bridgehead atoms. The first kappa shape index (κ1) is 45.1. The first-order chi connectivity index (χ1) is 30.7. The molecule has 2 fully saturated rings. The van der Waals surface area contributed by atoms with Crippen molar-refractivity contribution in [1.29, 1.82) is 0 Å². The van der Waals surface area contributed by atoms with Crippen LogP contribution in [0.25, 0.3) is 16.5 Å². The summed E-state index contributed by atoms with van der Waals surface area (Å²) in [6.07, 6.45) is 6.53. The Morgan fingerprint density at radius 3 is 2.44 bits per heavy atom. The number of nitrogens with zero attached hydrogens (tertiary/aromatic N) is 4. The lowest BCUT2D eigenvalue weighted by Crippen LogP contribution is -2.47. The molecule has 2 aliphatic heterocycles. The Balaban J connectivity index is 0.995. The minimum Gasteiger partial charge on any atom is -0.456 e. The summed E-state index contributed by atoms with van der Waals surface area (Å²) in [5, 5.41) is 17.0. The van der Waals surface area contributed by atoms with Gasteiger partial charge in [-0.15, -0.1) is 0 Å². The van der Waals surface area contributed by atoms with Crippen molar-refractivity contribution in [2.75, 3.05) is 76.3 Å². The number of anilines is 2. The number of halogens is 1. The number of methoxy groups -OCH3 is 1. The predicted octanol–water partition coefficient (Wildman–Crippen LogP) is 8.95. The highest BCUT2D eigenvalue weighted by molar-refractivity contribution is 7.90. The van der Waals surface area contributed by atoms with Crippen molar-refractivity contribution in [3.05, 3.63) is 123 Å². The largest absolute Gasteiger partial charge is 0.456 e. The van der Waals surface area contributed by atoms with E-state index < -0.39 is 31.4 Å². The van der Waals surface area contributed by atoms with Crippen LogP contribution in [0.1, 0.15) is 61.9 Å². The number of hydrogen-bond acceptors (Lipinski definition) is 11. The van der Waals surface area contributed by atoms with Crippen molar-refractivity contribution in [3.63, 3.8) is 0 Å². The molecule has 0 atom stereocenters. The fourth-order valence-electron chi connectivity index (χ4n) is 9.07. The van der Waals surface area contributed by atoms with Crippen molar-refractivity contribution >= 4 is 61.1 Å². The Bertz CT molecular complexity index is 2630. The number of benzene rings is 4.